The van der Waals surface area contributed by atoms with E-state index in [1.807, 2.05) is 6.92 Å². The molecular weight excluding hydrogens is 236 g/mol. The largest absolute Gasteiger partial charge is 0.481 e. The lowest BCUT2D eigenvalue weighted by molar-refractivity contribution is -0.136. The van der Waals surface area contributed by atoms with Crippen LogP contribution in [-0.4, -0.2) is 53.8 Å². The molecule has 2 unspecified atom stereocenters. The number of nitrogens with one attached hydrogen (secondary N) is 1. The lowest BCUT2D eigenvalue weighted by Gasteiger charge is -2.37. The average molecular weight is 256 g/mol. The summed E-state index contributed by atoms with van der Waals surface area (Å²) in [5.41, 5.74) is 0. The topological polar surface area (TPSA) is 78.9 Å². The lowest BCUT2D eigenvalue weighted by atomic mass is 10.1. The first-order valence-electron chi connectivity index (χ1n) is 6.46. The second kappa shape index (κ2) is 5.56. The predicted octanol–water partition coefficient (Wildman–Crippen LogP) is 0.670. The van der Waals surface area contributed by atoms with Crippen molar-refractivity contribution in [3.05, 3.63) is 0 Å². The summed E-state index contributed by atoms with van der Waals surface area (Å²) in [5, 5.41) is 11.2. The molecule has 2 fully saturated rings. The number of morpholine rings is 1. The fourth-order valence-electron chi connectivity index (χ4n) is 2.27. The molecule has 1 aliphatic heterocycles. The molecule has 0 aromatic heterocycles. The van der Waals surface area contributed by atoms with Gasteiger partial charge in [0.25, 0.3) is 0 Å². The number of carbonyl (C=O) groups excluding carboxylic acids is 1. The fourth-order valence-corrected chi connectivity index (χ4v) is 2.27. The third kappa shape index (κ3) is 3.60. The molecule has 1 saturated heterocycles. The van der Waals surface area contributed by atoms with Crippen molar-refractivity contribution < 1.29 is 19.4 Å². The van der Waals surface area contributed by atoms with Crippen LogP contribution >= 0.6 is 0 Å². The minimum absolute atomic E-state index is 0.0440. The molecule has 102 valence electrons. The number of carbonyl (C=O) groups is 2. The van der Waals surface area contributed by atoms with Crippen LogP contribution in [0.4, 0.5) is 4.79 Å². The van der Waals surface area contributed by atoms with Crippen molar-refractivity contribution >= 4 is 12.0 Å². The number of carboxylic acids is 1. The summed E-state index contributed by atoms with van der Waals surface area (Å²) in [6.07, 6.45) is 2.53. The van der Waals surface area contributed by atoms with Crippen molar-refractivity contribution in [3.63, 3.8) is 0 Å². The molecule has 2 atom stereocenters. The Hall–Kier alpha value is -1.30. The highest BCUT2D eigenvalue weighted by atomic mass is 16.5. The van der Waals surface area contributed by atoms with Gasteiger partial charge in [-0.1, -0.05) is 0 Å². The Labute approximate surface area is 106 Å². The van der Waals surface area contributed by atoms with Crippen molar-refractivity contribution in [3.8, 4) is 0 Å². The number of amides is 2. The van der Waals surface area contributed by atoms with E-state index in [-0.39, 0.29) is 31.2 Å². The normalized spacial score (nSPS) is 27.9. The Morgan fingerprint density at radius 2 is 2.11 bits per heavy atom. The van der Waals surface area contributed by atoms with Crippen LogP contribution in [0.2, 0.25) is 0 Å². The highest BCUT2D eigenvalue weighted by molar-refractivity contribution is 5.75. The van der Waals surface area contributed by atoms with Crippen molar-refractivity contribution in [2.45, 2.75) is 38.4 Å². The minimum atomic E-state index is -0.901. The maximum atomic E-state index is 11.9. The summed E-state index contributed by atoms with van der Waals surface area (Å²) in [7, 11) is 0. The van der Waals surface area contributed by atoms with E-state index in [2.05, 4.69) is 5.32 Å². The molecule has 1 saturated carbocycles. The Morgan fingerprint density at radius 3 is 2.72 bits per heavy atom. The SMILES string of the molecule is CC1CN(C(=O)NCCC(=O)O)CC(C2CC2)O1. The molecule has 2 amide bonds. The molecule has 2 aliphatic rings. The molecule has 0 spiro atoms. The standard InChI is InChI=1S/C12H20N2O4/c1-8-6-14(7-10(18-8)9-2-3-9)12(17)13-5-4-11(15)16/h8-10H,2-7H2,1H3,(H,13,17)(H,15,16). The first kappa shape index (κ1) is 13.1. The number of hydrogen-bond acceptors (Lipinski definition) is 3. The van der Waals surface area contributed by atoms with Crippen LogP contribution in [0.3, 0.4) is 0 Å². The van der Waals surface area contributed by atoms with Gasteiger partial charge < -0.3 is 20.1 Å². The molecule has 6 heteroatoms. The Morgan fingerprint density at radius 1 is 1.39 bits per heavy atom. The van der Waals surface area contributed by atoms with Gasteiger partial charge in [0.05, 0.1) is 18.6 Å². The molecule has 18 heavy (non-hydrogen) atoms. The molecule has 1 heterocycles. The molecule has 6 nitrogen and oxygen atoms in total. The smallest absolute Gasteiger partial charge is 0.317 e. The highest BCUT2D eigenvalue weighted by Gasteiger charge is 2.38. The number of ether oxygens (including phenoxy) is 1. The third-order valence-corrected chi connectivity index (χ3v) is 3.34. The molecule has 0 bridgehead atoms. The maximum absolute atomic E-state index is 11.9. The molecule has 0 aromatic carbocycles. The average Bonchev–Trinajstić information content (AvgIpc) is 3.11. The fraction of sp³-hybridized carbons (Fsp3) is 0.833. The third-order valence-electron chi connectivity index (χ3n) is 3.34. The second-order valence-electron chi connectivity index (χ2n) is 5.10. The predicted molar refractivity (Wildman–Crippen MR) is 64.3 cm³/mol. The first-order valence-corrected chi connectivity index (χ1v) is 6.46. The molecule has 1 aliphatic carbocycles. The molecule has 2 rings (SSSR count). The van der Waals surface area contributed by atoms with Gasteiger partial charge in [-0.15, -0.1) is 0 Å². The number of aliphatic carboxylic acids is 1. The summed E-state index contributed by atoms with van der Waals surface area (Å²) in [6, 6.07) is -0.183. The van der Waals surface area contributed by atoms with E-state index < -0.39 is 5.97 Å². The lowest BCUT2D eigenvalue weighted by Crippen LogP contribution is -2.53. The van der Waals surface area contributed by atoms with E-state index >= 15 is 0 Å². The number of nitrogens with zero attached hydrogens (tertiary/aromatic N) is 1. The van der Waals surface area contributed by atoms with Gasteiger partial charge in [-0.2, -0.15) is 0 Å². The first-order chi connectivity index (χ1) is 8.56. The van der Waals surface area contributed by atoms with Crippen LogP contribution in [0, 0.1) is 5.92 Å². The Kier molecular flexibility index (Phi) is 4.06. The molecular formula is C12H20N2O4. The van der Waals surface area contributed by atoms with Crippen molar-refractivity contribution in [2.24, 2.45) is 5.92 Å². The van der Waals surface area contributed by atoms with Gasteiger partial charge in [0, 0.05) is 19.6 Å². The van der Waals surface area contributed by atoms with Gasteiger partial charge in [0.2, 0.25) is 0 Å². The van der Waals surface area contributed by atoms with Gasteiger partial charge >= 0.3 is 12.0 Å². The quantitative estimate of drug-likeness (QED) is 0.775. The second-order valence-corrected chi connectivity index (χ2v) is 5.10. The van der Waals surface area contributed by atoms with Crippen LogP contribution in [0.25, 0.3) is 0 Å². The van der Waals surface area contributed by atoms with Crippen LogP contribution in [0.5, 0.6) is 0 Å². The maximum Gasteiger partial charge on any atom is 0.317 e. The van der Waals surface area contributed by atoms with Gasteiger partial charge in [-0.25, -0.2) is 4.79 Å². The van der Waals surface area contributed by atoms with E-state index in [1.165, 1.54) is 12.8 Å². The van der Waals surface area contributed by atoms with E-state index in [4.69, 9.17) is 9.84 Å². The van der Waals surface area contributed by atoms with E-state index in [0.29, 0.717) is 19.0 Å². The number of urea groups is 1. The summed E-state index contributed by atoms with van der Waals surface area (Å²) in [5.74, 6) is -0.302. The Bertz CT molecular complexity index is 330. The van der Waals surface area contributed by atoms with Crippen LogP contribution in [0.15, 0.2) is 0 Å². The Balaban J connectivity index is 1.79. The van der Waals surface area contributed by atoms with E-state index in [9.17, 15) is 9.59 Å². The van der Waals surface area contributed by atoms with Crippen LogP contribution in [0.1, 0.15) is 26.2 Å². The van der Waals surface area contributed by atoms with E-state index in [0.717, 1.165) is 0 Å². The highest BCUT2D eigenvalue weighted by Crippen LogP contribution is 2.36. The number of rotatable bonds is 4. The van der Waals surface area contributed by atoms with Gasteiger partial charge in [0.15, 0.2) is 0 Å². The number of carboxylic acid groups (broad SMARTS) is 1. The zero-order valence-electron chi connectivity index (χ0n) is 10.6. The van der Waals surface area contributed by atoms with Crippen molar-refractivity contribution in [1.82, 2.24) is 10.2 Å². The molecule has 2 N–H and O–H groups in total. The van der Waals surface area contributed by atoms with Crippen LogP contribution < -0.4 is 5.32 Å². The minimum Gasteiger partial charge on any atom is -0.481 e. The van der Waals surface area contributed by atoms with Crippen LogP contribution in [-0.2, 0) is 9.53 Å². The van der Waals surface area contributed by atoms with Crippen molar-refractivity contribution in [1.29, 1.82) is 0 Å². The zero-order valence-corrected chi connectivity index (χ0v) is 10.6. The summed E-state index contributed by atoms with van der Waals surface area (Å²) >= 11 is 0. The van der Waals surface area contributed by atoms with Gasteiger partial charge in [-0.3, -0.25) is 4.79 Å². The van der Waals surface area contributed by atoms with E-state index in [1.54, 1.807) is 4.90 Å². The zero-order chi connectivity index (χ0) is 13.1. The molecule has 0 radical (unpaired) electrons. The van der Waals surface area contributed by atoms with Gasteiger partial charge in [0.1, 0.15) is 0 Å². The number of hydrogen-bond donors (Lipinski definition) is 2. The summed E-state index contributed by atoms with van der Waals surface area (Å²) < 4.78 is 5.82. The monoisotopic (exact) mass is 256 g/mol. The summed E-state index contributed by atoms with van der Waals surface area (Å²) in [6.45, 7) is 3.33. The van der Waals surface area contributed by atoms with Crippen molar-refractivity contribution in [2.75, 3.05) is 19.6 Å². The molecule has 0 aromatic rings. The summed E-state index contributed by atoms with van der Waals surface area (Å²) in [4.78, 5) is 24.0. The van der Waals surface area contributed by atoms with Gasteiger partial charge in [-0.05, 0) is 25.7 Å².